The minimum Gasteiger partial charge on any atom is -0.350 e. The number of rotatable bonds is 0. The van der Waals surface area contributed by atoms with E-state index < -0.39 is 24.3 Å². The molecule has 2 aliphatic heterocycles. The molecule has 12 heavy (non-hydrogen) atoms. The summed E-state index contributed by atoms with van der Waals surface area (Å²) in [6, 6.07) is -2.95. The van der Waals surface area contributed by atoms with Gasteiger partial charge in [0.1, 0.15) is 6.04 Å². The van der Waals surface area contributed by atoms with E-state index in [1.165, 1.54) is 0 Å². The Morgan fingerprint density at radius 3 is 2.42 bits per heavy atom. The van der Waals surface area contributed by atoms with Gasteiger partial charge in [-0.15, -0.1) is 0 Å². The summed E-state index contributed by atoms with van der Waals surface area (Å²) in [4.78, 5) is 10.8. The summed E-state index contributed by atoms with van der Waals surface area (Å²) in [6.45, 7) is 0. The lowest BCUT2D eigenvalue weighted by Gasteiger charge is -2.25. The maximum absolute atomic E-state index is 12.1. The Morgan fingerprint density at radius 2 is 2.08 bits per heavy atom. The topological polar surface area (TPSA) is 41.1 Å². The first-order valence-corrected chi connectivity index (χ1v) is 3.61. The molecule has 68 valence electrons. The molecule has 6 heteroatoms. The van der Waals surface area contributed by atoms with Gasteiger partial charge < -0.3 is 5.32 Å². The van der Waals surface area contributed by atoms with Gasteiger partial charge in [-0.1, -0.05) is 0 Å². The Bertz CT molecular complexity index is 227. The molecule has 2 fully saturated rings. The summed E-state index contributed by atoms with van der Waals surface area (Å²) in [5, 5.41) is 4.53. The molecule has 2 N–H and O–H groups in total. The van der Waals surface area contributed by atoms with Crippen LogP contribution in [-0.4, -0.2) is 30.2 Å². The van der Waals surface area contributed by atoms with Crippen molar-refractivity contribution < 1.29 is 18.0 Å². The molecule has 0 aromatic carbocycles. The SMILES string of the molecule is O=C1NC2CC1NC2C(F)(F)F. The predicted octanol–water partition coefficient (Wildman–Crippen LogP) is -0.222. The molecular weight excluding hydrogens is 173 g/mol. The summed E-state index contributed by atoms with van der Waals surface area (Å²) in [7, 11) is 0. The molecule has 0 radical (unpaired) electrons. The number of piperazine rings is 1. The van der Waals surface area contributed by atoms with E-state index in [1.807, 2.05) is 0 Å². The van der Waals surface area contributed by atoms with Gasteiger partial charge in [0, 0.05) is 0 Å². The maximum atomic E-state index is 12.1. The number of carbonyl (C=O) groups is 1. The highest BCUT2D eigenvalue weighted by atomic mass is 19.4. The zero-order chi connectivity index (χ0) is 8.93. The lowest BCUT2D eigenvalue weighted by Crippen LogP contribution is -2.57. The fraction of sp³-hybridized carbons (Fsp3) is 0.833. The van der Waals surface area contributed by atoms with E-state index in [2.05, 4.69) is 10.6 Å². The van der Waals surface area contributed by atoms with Crippen molar-refractivity contribution in [3.63, 3.8) is 0 Å². The van der Waals surface area contributed by atoms with Crippen LogP contribution in [0.15, 0.2) is 0 Å². The third kappa shape index (κ3) is 0.979. The third-order valence-corrected chi connectivity index (χ3v) is 2.27. The molecular formula is C6H7F3N2O. The number of hydrogen-bond donors (Lipinski definition) is 2. The second-order valence-corrected chi connectivity index (χ2v) is 3.09. The highest BCUT2D eigenvalue weighted by Crippen LogP contribution is 2.31. The highest BCUT2D eigenvalue weighted by molar-refractivity contribution is 5.85. The fourth-order valence-corrected chi connectivity index (χ4v) is 1.72. The van der Waals surface area contributed by atoms with Crippen molar-refractivity contribution in [3.8, 4) is 0 Å². The lowest BCUT2D eigenvalue weighted by molar-refractivity contribution is -0.161. The van der Waals surface area contributed by atoms with Crippen molar-refractivity contribution in [1.82, 2.24) is 10.6 Å². The second-order valence-electron chi connectivity index (χ2n) is 3.09. The smallest absolute Gasteiger partial charge is 0.350 e. The van der Waals surface area contributed by atoms with Gasteiger partial charge >= 0.3 is 6.18 Å². The summed E-state index contributed by atoms with van der Waals surface area (Å²) < 4.78 is 36.4. The molecule has 0 aromatic rings. The van der Waals surface area contributed by atoms with Crippen molar-refractivity contribution in [2.75, 3.05) is 0 Å². The normalized spacial score (nSPS) is 40.2. The number of carbonyl (C=O) groups excluding carboxylic acids is 1. The van der Waals surface area contributed by atoms with Gasteiger partial charge in [-0.3, -0.25) is 10.1 Å². The van der Waals surface area contributed by atoms with Crippen molar-refractivity contribution in [2.45, 2.75) is 30.7 Å². The molecule has 2 saturated heterocycles. The van der Waals surface area contributed by atoms with E-state index in [-0.39, 0.29) is 12.3 Å². The highest BCUT2D eigenvalue weighted by Gasteiger charge is 2.55. The molecule has 2 rings (SSSR count). The van der Waals surface area contributed by atoms with E-state index in [4.69, 9.17) is 0 Å². The monoisotopic (exact) mass is 180 g/mol. The van der Waals surface area contributed by atoms with E-state index in [1.54, 1.807) is 0 Å². The standard InChI is InChI=1S/C6H7F3N2O/c7-6(8,9)4-2-1-3(10-4)5(12)11-2/h2-4,10H,1H2,(H,11,12). The van der Waals surface area contributed by atoms with Crippen LogP contribution in [-0.2, 0) is 4.79 Å². The van der Waals surface area contributed by atoms with Crippen LogP contribution in [0.2, 0.25) is 0 Å². The molecule has 1 amide bonds. The fourth-order valence-electron chi connectivity index (χ4n) is 1.72. The van der Waals surface area contributed by atoms with Gasteiger partial charge in [-0.05, 0) is 6.42 Å². The number of fused-ring (bicyclic) bond motifs is 2. The van der Waals surface area contributed by atoms with Crippen LogP contribution in [0.4, 0.5) is 13.2 Å². The summed E-state index contributed by atoms with van der Waals surface area (Å²) in [5.74, 6) is -0.319. The largest absolute Gasteiger partial charge is 0.405 e. The quantitative estimate of drug-likeness (QED) is 0.541. The summed E-state index contributed by atoms with van der Waals surface area (Å²) in [5.41, 5.74) is 0. The maximum Gasteiger partial charge on any atom is 0.405 e. The minimum atomic E-state index is -4.26. The predicted molar refractivity (Wildman–Crippen MR) is 33.3 cm³/mol. The molecule has 0 aliphatic carbocycles. The van der Waals surface area contributed by atoms with Crippen LogP contribution in [0, 0.1) is 0 Å². The van der Waals surface area contributed by atoms with Crippen LogP contribution >= 0.6 is 0 Å². The van der Waals surface area contributed by atoms with Gasteiger partial charge in [-0.25, -0.2) is 0 Å². The average molecular weight is 180 g/mol. The average Bonchev–Trinajstić information content (AvgIpc) is 2.41. The van der Waals surface area contributed by atoms with Crippen molar-refractivity contribution in [3.05, 3.63) is 0 Å². The van der Waals surface area contributed by atoms with Crippen LogP contribution in [0.1, 0.15) is 6.42 Å². The zero-order valence-electron chi connectivity index (χ0n) is 5.98. The minimum absolute atomic E-state index is 0.253. The molecule has 2 heterocycles. The molecule has 0 aromatic heterocycles. The van der Waals surface area contributed by atoms with E-state index >= 15 is 0 Å². The summed E-state index contributed by atoms with van der Waals surface area (Å²) >= 11 is 0. The molecule has 3 unspecified atom stereocenters. The first kappa shape index (κ1) is 7.85. The number of hydrogen-bond acceptors (Lipinski definition) is 2. The molecule has 2 aliphatic rings. The van der Waals surface area contributed by atoms with E-state index in [0.717, 1.165) is 0 Å². The van der Waals surface area contributed by atoms with Gasteiger partial charge in [0.05, 0.1) is 12.1 Å². The second kappa shape index (κ2) is 2.12. The lowest BCUT2D eigenvalue weighted by atomic mass is 10.1. The molecule has 2 bridgehead atoms. The Kier molecular flexibility index (Phi) is 1.39. The van der Waals surface area contributed by atoms with Gasteiger partial charge in [0.15, 0.2) is 0 Å². The third-order valence-electron chi connectivity index (χ3n) is 2.27. The molecule has 0 saturated carbocycles. The first-order chi connectivity index (χ1) is 5.48. The van der Waals surface area contributed by atoms with Crippen LogP contribution in [0.5, 0.6) is 0 Å². The Morgan fingerprint density at radius 1 is 1.42 bits per heavy atom. The van der Waals surface area contributed by atoms with Gasteiger partial charge in [0.2, 0.25) is 5.91 Å². The molecule has 3 atom stereocenters. The zero-order valence-corrected chi connectivity index (χ0v) is 5.98. The van der Waals surface area contributed by atoms with E-state index in [0.29, 0.717) is 0 Å². The Labute approximate surface area is 66.3 Å². The number of alkyl halides is 3. The van der Waals surface area contributed by atoms with Crippen LogP contribution in [0.25, 0.3) is 0 Å². The first-order valence-electron chi connectivity index (χ1n) is 3.61. The van der Waals surface area contributed by atoms with E-state index in [9.17, 15) is 18.0 Å². The Hall–Kier alpha value is -0.780. The van der Waals surface area contributed by atoms with Gasteiger partial charge in [-0.2, -0.15) is 13.2 Å². The molecule has 3 nitrogen and oxygen atoms in total. The van der Waals surface area contributed by atoms with Crippen molar-refractivity contribution in [1.29, 1.82) is 0 Å². The van der Waals surface area contributed by atoms with Crippen molar-refractivity contribution in [2.24, 2.45) is 0 Å². The number of halogens is 3. The molecule has 0 spiro atoms. The Balaban J connectivity index is 2.13. The van der Waals surface area contributed by atoms with Crippen molar-refractivity contribution >= 4 is 5.91 Å². The van der Waals surface area contributed by atoms with Gasteiger partial charge in [0.25, 0.3) is 0 Å². The van der Waals surface area contributed by atoms with Crippen LogP contribution in [0.3, 0.4) is 0 Å². The number of amides is 1. The van der Waals surface area contributed by atoms with Crippen LogP contribution < -0.4 is 10.6 Å². The summed E-state index contributed by atoms with van der Waals surface area (Å²) in [6.07, 6.45) is -4.00. The number of nitrogens with one attached hydrogen (secondary N) is 2.